The zero-order valence-electron chi connectivity index (χ0n) is 12.8. The summed E-state index contributed by atoms with van der Waals surface area (Å²) < 4.78 is 2.90. The minimum atomic E-state index is -0.145. The highest BCUT2D eigenvalue weighted by molar-refractivity contribution is 5.95. The molecule has 5 heteroatoms. The maximum absolute atomic E-state index is 12.5. The number of hydrogen-bond acceptors (Lipinski definition) is 3. The summed E-state index contributed by atoms with van der Waals surface area (Å²) >= 11 is 0. The standard InChI is InChI=1S/C18H16N2O3/c1-2-19-17(22)14-10-6-7-11-15(14)20(18(19)23)12-16(21)13-8-4-3-5-9-13/h3-11H,2,12H2,1H3/p+2. The summed E-state index contributed by atoms with van der Waals surface area (Å²) in [7, 11) is 0. The third kappa shape index (κ3) is 2.61. The highest BCUT2D eigenvalue weighted by Gasteiger charge is 2.33. The molecule has 0 unspecified atom stereocenters. The predicted octanol–water partition coefficient (Wildman–Crippen LogP) is 1.73. The van der Waals surface area contributed by atoms with E-state index >= 15 is 0 Å². The summed E-state index contributed by atoms with van der Waals surface area (Å²) in [5, 5.41) is 21.4. The Hall–Kier alpha value is -2.95. The Bertz CT molecular complexity index is 876. The first-order valence-corrected chi connectivity index (χ1v) is 7.48. The second-order valence-electron chi connectivity index (χ2n) is 5.26. The second-order valence-corrected chi connectivity index (χ2v) is 5.26. The molecule has 0 atom stereocenters. The molecule has 0 spiro atoms. The lowest BCUT2D eigenvalue weighted by molar-refractivity contribution is -0.815. The monoisotopic (exact) mass is 310 g/mol. The van der Waals surface area contributed by atoms with E-state index in [1.807, 2.05) is 19.1 Å². The number of carbonyl (C=O) groups excluding carboxylic acids is 1. The molecule has 116 valence electrons. The van der Waals surface area contributed by atoms with Gasteiger partial charge in [0.15, 0.2) is 11.9 Å². The van der Waals surface area contributed by atoms with Crippen molar-refractivity contribution in [2.75, 3.05) is 0 Å². The van der Waals surface area contributed by atoms with Crippen LogP contribution in [0.5, 0.6) is 11.9 Å². The Kier molecular flexibility index (Phi) is 3.93. The van der Waals surface area contributed by atoms with Crippen LogP contribution < -0.4 is 9.13 Å². The first-order valence-electron chi connectivity index (χ1n) is 7.48. The zero-order chi connectivity index (χ0) is 16.4. The van der Waals surface area contributed by atoms with Crippen molar-refractivity contribution in [2.45, 2.75) is 20.0 Å². The van der Waals surface area contributed by atoms with Crippen LogP contribution in [0.15, 0.2) is 54.6 Å². The van der Waals surface area contributed by atoms with E-state index in [2.05, 4.69) is 0 Å². The van der Waals surface area contributed by atoms with Crippen LogP contribution in [0.25, 0.3) is 10.9 Å². The summed E-state index contributed by atoms with van der Waals surface area (Å²) in [5.41, 5.74) is 1.19. The van der Waals surface area contributed by atoms with Gasteiger partial charge in [-0.3, -0.25) is 4.79 Å². The Morgan fingerprint density at radius 2 is 1.61 bits per heavy atom. The van der Waals surface area contributed by atoms with Gasteiger partial charge in [0.1, 0.15) is 0 Å². The van der Waals surface area contributed by atoms with Crippen LogP contribution >= 0.6 is 0 Å². The Morgan fingerprint density at radius 1 is 0.957 bits per heavy atom. The molecule has 2 aromatic carbocycles. The SMILES string of the molecule is CC[n+]1c(O)c2ccccc2[n+](CC(=O)c2ccccc2)c1O. The van der Waals surface area contributed by atoms with Crippen molar-refractivity contribution < 1.29 is 24.1 Å². The van der Waals surface area contributed by atoms with E-state index in [0.717, 1.165) is 0 Å². The Morgan fingerprint density at radius 3 is 2.30 bits per heavy atom. The number of ketones is 1. The van der Waals surface area contributed by atoms with Crippen LogP contribution in [0.4, 0.5) is 0 Å². The molecule has 0 saturated heterocycles. The maximum atomic E-state index is 12.5. The number of fused-ring (bicyclic) bond motifs is 1. The summed E-state index contributed by atoms with van der Waals surface area (Å²) in [6, 6.07) is 16.0. The molecule has 0 aliphatic carbocycles. The van der Waals surface area contributed by atoms with Crippen molar-refractivity contribution >= 4 is 16.7 Å². The van der Waals surface area contributed by atoms with E-state index in [-0.39, 0.29) is 24.2 Å². The Labute approximate surface area is 133 Å². The highest BCUT2D eigenvalue weighted by Crippen LogP contribution is 2.20. The molecule has 0 radical (unpaired) electrons. The Balaban J connectivity index is 2.15. The van der Waals surface area contributed by atoms with E-state index in [0.29, 0.717) is 23.0 Å². The fourth-order valence-electron chi connectivity index (χ4n) is 2.70. The minimum absolute atomic E-state index is 0.00333. The molecule has 0 amide bonds. The van der Waals surface area contributed by atoms with Crippen molar-refractivity contribution in [2.24, 2.45) is 0 Å². The van der Waals surface area contributed by atoms with E-state index < -0.39 is 0 Å². The molecule has 0 saturated carbocycles. The van der Waals surface area contributed by atoms with Crippen LogP contribution in [0.3, 0.4) is 0 Å². The van der Waals surface area contributed by atoms with Crippen LogP contribution in [0.2, 0.25) is 0 Å². The molecule has 0 aliphatic heterocycles. The van der Waals surface area contributed by atoms with Crippen molar-refractivity contribution in [3.63, 3.8) is 0 Å². The van der Waals surface area contributed by atoms with Gasteiger partial charge in [0.25, 0.3) is 0 Å². The minimum Gasteiger partial charge on any atom is -0.459 e. The van der Waals surface area contributed by atoms with Crippen LogP contribution in [-0.2, 0) is 13.1 Å². The van der Waals surface area contributed by atoms with Crippen LogP contribution in [0.1, 0.15) is 17.3 Å². The molecule has 0 aliphatic rings. The van der Waals surface area contributed by atoms with Crippen molar-refractivity contribution in [3.8, 4) is 11.9 Å². The molecular weight excluding hydrogens is 292 g/mol. The van der Waals surface area contributed by atoms with Gasteiger partial charge in [-0.15, -0.1) is 0 Å². The van der Waals surface area contributed by atoms with Crippen molar-refractivity contribution in [1.29, 1.82) is 0 Å². The first kappa shape index (κ1) is 15.0. The zero-order valence-corrected chi connectivity index (χ0v) is 12.8. The van der Waals surface area contributed by atoms with Crippen molar-refractivity contribution in [3.05, 3.63) is 60.2 Å². The predicted molar refractivity (Wildman–Crippen MR) is 84.1 cm³/mol. The molecule has 1 aromatic heterocycles. The number of aromatic hydroxyl groups is 2. The fourth-order valence-corrected chi connectivity index (χ4v) is 2.70. The molecule has 0 fully saturated rings. The topological polar surface area (TPSA) is 65.3 Å². The molecule has 1 heterocycles. The number of nitrogens with zero attached hydrogens (tertiary/aromatic N) is 2. The van der Waals surface area contributed by atoms with Gasteiger partial charge in [-0.1, -0.05) is 51.6 Å². The summed E-state index contributed by atoms with van der Waals surface area (Å²) in [6.07, 6.45) is 0. The molecule has 3 aromatic rings. The third-order valence-electron chi connectivity index (χ3n) is 3.89. The lowest BCUT2D eigenvalue weighted by Crippen LogP contribution is -2.49. The van der Waals surface area contributed by atoms with Gasteiger partial charge in [0, 0.05) is 11.6 Å². The lowest BCUT2D eigenvalue weighted by Gasteiger charge is -2.04. The normalized spacial score (nSPS) is 10.8. The number of rotatable bonds is 4. The van der Waals surface area contributed by atoms with E-state index in [4.69, 9.17) is 0 Å². The molecular formula is C18H18N2O3+2. The van der Waals surface area contributed by atoms with Gasteiger partial charge in [-0.2, -0.15) is 0 Å². The van der Waals surface area contributed by atoms with Crippen molar-refractivity contribution in [1.82, 2.24) is 0 Å². The number of carbonyl (C=O) groups is 1. The molecule has 2 N–H and O–H groups in total. The molecule has 5 nitrogen and oxygen atoms in total. The molecule has 0 bridgehead atoms. The van der Waals surface area contributed by atoms with Gasteiger partial charge in [-0.25, -0.2) is 0 Å². The van der Waals surface area contributed by atoms with Gasteiger partial charge < -0.3 is 10.2 Å². The van der Waals surface area contributed by atoms with Gasteiger partial charge in [-0.05, 0) is 13.0 Å². The fraction of sp³-hybridized carbons (Fsp3) is 0.167. The average molecular weight is 310 g/mol. The third-order valence-corrected chi connectivity index (χ3v) is 3.89. The number of para-hydroxylation sites is 1. The van der Waals surface area contributed by atoms with Crippen LogP contribution in [0, 0.1) is 0 Å². The number of benzene rings is 2. The number of Topliss-reactive ketones (excluding diaryl/α,β-unsaturated/α-hetero) is 1. The van der Waals surface area contributed by atoms with E-state index in [1.54, 1.807) is 42.5 Å². The summed E-state index contributed by atoms with van der Waals surface area (Å²) in [5.74, 6) is -0.117. The van der Waals surface area contributed by atoms with Gasteiger partial charge >= 0.3 is 11.9 Å². The highest BCUT2D eigenvalue weighted by atomic mass is 16.3. The lowest BCUT2D eigenvalue weighted by atomic mass is 10.1. The van der Waals surface area contributed by atoms with Crippen LogP contribution in [-0.4, -0.2) is 16.0 Å². The number of aromatic nitrogens is 2. The smallest absolute Gasteiger partial charge is 0.459 e. The second kappa shape index (κ2) is 6.04. The van der Waals surface area contributed by atoms with Gasteiger partial charge in [0.05, 0.1) is 0 Å². The largest absolute Gasteiger partial charge is 0.632 e. The first-order chi connectivity index (χ1) is 11.1. The van der Waals surface area contributed by atoms with Gasteiger partial charge in [0.2, 0.25) is 17.8 Å². The molecule has 23 heavy (non-hydrogen) atoms. The molecule has 3 rings (SSSR count). The maximum Gasteiger partial charge on any atom is 0.632 e. The average Bonchev–Trinajstić information content (AvgIpc) is 2.59. The summed E-state index contributed by atoms with van der Waals surface area (Å²) in [4.78, 5) is 12.5. The quantitative estimate of drug-likeness (QED) is 0.570. The van der Waals surface area contributed by atoms with E-state index in [1.165, 1.54) is 9.13 Å². The number of hydrogen-bond donors (Lipinski definition) is 2. The summed E-state index contributed by atoms with van der Waals surface area (Å²) in [6.45, 7) is 2.20. The van der Waals surface area contributed by atoms with E-state index in [9.17, 15) is 15.0 Å².